The average Bonchev–Trinajstić information content (AvgIpc) is 2.46. The van der Waals surface area contributed by atoms with Gasteiger partial charge in [-0.05, 0) is 18.2 Å². The molecule has 1 nitrogen and oxygen atoms in total. The van der Waals surface area contributed by atoms with Crippen LogP contribution in [0.1, 0.15) is 32.2 Å². The lowest BCUT2D eigenvalue weighted by molar-refractivity contribution is 0.857. The molecule has 0 aliphatic heterocycles. The van der Waals surface area contributed by atoms with Crippen LogP contribution in [0.25, 0.3) is 10.2 Å². The van der Waals surface area contributed by atoms with Gasteiger partial charge in [0.25, 0.3) is 0 Å². The van der Waals surface area contributed by atoms with E-state index >= 15 is 0 Å². The molecule has 76 valence electrons. The van der Waals surface area contributed by atoms with Crippen molar-refractivity contribution in [2.45, 2.75) is 27.2 Å². The Labute approximate surface area is 93.7 Å². The van der Waals surface area contributed by atoms with E-state index in [1.165, 1.54) is 9.71 Å². The maximum Gasteiger partial charge on any atom is 0.0963 e. The van der Waals surface area contributed by atoms with Gasteiger partial charge >= 0.3 is 0 Å². The summed E-state index contributed by atoms with van der Waals surface area (Å²) in [5, 5.41) is 1.96. The first-order chi connectivity index (χ1) is 6.16. The van der Waals surface area contributed by atoms with Crippen LogP contribution in [-0.2, 0) is 0 Å². The molecule has 0 saturated carbocycles. The molecule has 1 aromatic heterocycles. The zero-order chi connectivity index (χ0) is 9.42. The molecule has 0 amide bonds. The van der Waals surface area contributed by atoms with Gasteiger partial charge in [-0.25, -0.2) is 4.98 Å². The molecule has 1 heterocycles. The van der Waals surface area contributed by atoms with E-state index in [4.69, 9.17) is 11.6 Å². The van der Waals surface area contributed by atoms with Gasteiger partial charge in [-0.1, -0.05) is 32.9 Å². The van der Waals surface area contributed by atoms with Crippen molar-refractivity contribution in [2.24, 2.45) is 0 Å². The SMILES string of the molecule is C.CC(C)c1nc2ccc(Cl)cc2s1. The van der Waals surface area contributed by atoms with Crippen LogP contribution in [0.3, 0.4) is 0 Å². The number of nitrogens with zero attached hydrogens (tertiary/aromatic N) is 1. The monoisotopic (exact) mass is 227 g/mol. The topological polar surface area (TPSA) is 12.9 Å². The number of benzene rings is 1. The Balaban J connectivity index is 0.000000980. The van der Waals surface area contributed by atoms with Crippen molar-refractivity contribution >= 4 is 33.2 Å². The highest BCUT2D eigenvalue weighted by atomic mass is 35.5. The van der Waals surface area contributed by atoms with Gasteiger partial charge in [0.2, 0.25) is 0 Å². The summed E-state index contributed by atoms with van der Waals surface area (Å²) in [6.45, 7) is 4.30. The summed E-state index contributed by atoms with van der Waals surface area (Å²) in [5.74, 6) is 0.496. The van der Waals surface area contributed by atoms with Crippen molar-refractivity contribution in [3.05, 3.63) is 28.2 Å². The number of rotatable bonds is 1. The normalized spacial score (nSPS) is 10.6. The minimum Gasteiger partial charge on any atom is -0.241 e. The Morgan fingerprint density at radius 1 is 1.36 bits per heavy atom. The number of halogens is 1. The van der Waals surface area contributed by atoms with Crippen LogP contribution in [0.5, 0.6) is 0 Å². The highest BCUT2D eigenvalue weighted by Crippen LogP contribution is 2.28. The summed E-state index contributed by atoms with van der Waals surface area (Å²) in [7, 11) is 0. The molecule has 0 atom stereocenters. The Morgan fingerprint density at radius 3 is 2.71 bits per heavy atom. The molecule has 1 aromatic carbocycles. The summed E-state index contributed by atoms with van der Waals surface area (Å²) in [4.78, 5) is 4.51. The Morgan fingerprint density at radius 2 is 2.07 bits per heavy atom. The van der Waals surface area contributed by atoms with E-state index in [-0.39, 0.29) is 7.43 Å². The van der Waals surface area contributed by atoms with Crippen molar-refractivity contribution in [3.63, 3.8) is 0 Å². The van der Waals surface area contributed by atoms with Crippen LogP contribution in [0, 0.1) is 0 Å². The number of aromatic nitrogens is 1. The molecule has 0 aliphatic carbocycles. The highest BCUT2D eigenvalue weighted by molar-refractivity contribution is 7.18. The lowest BCUT2D eigenvalue weighted by Crippen LogP contribution is -1.82. The van der Waals surface area contributed by atoms with E-state index in [2.05, 4.69) is 18.8 Å². The molecule has 0 bridgehead atoms. The minimum absolute atomic E-state index is 0. The molecule has 14 heavy (non-hydrogen) atoms. The Hall–Kier alpha value is -0.600. The van der Waals surface area contributed by atoms with Gasteiger partial charge in [0.1, 0.15) is 0 Å². The molecule has 3 heteroatoms. The van der Waals surface area contributed by atoms with Crippen molar-refractivity contribution in [1.82, 2.24) is 4.98 Å². The third-order valence-corrected chi connectivity index (χ3v) is 3.41. The second-order valence-electron chi connectivity index (χ2n) is 3.32. The molecular weight excluding hydrogens is 214 g/mol. The quantitative estimate of drug-likeness (QED) is 0.688. The minimum atomic E-state index is 0. The van der Waals surface area contributed by atoms with Crippen LogP contribution in [0.2, 0.25) is 5.02 Å². The number of hydrogen-bond acceptors (Lipinski definition) is 2. The van der Waals surface area contributed by atoms with Crippen LogP contribution in [-0.4, -0.2) is 4.98 Å². The predicted octanol–water partition coefficient (Wildman–Crippen LogP) is 4.71. The van der Waals surface area contributed by atoms with Crippen LogP contribution < -0.4 is 0 Å². The summed E-state index contributed by atoms with van der Waals surface area (Å²) in [5.41, 5.74) is 1.05. The van der Waals surface area contributed by atoms with Crippen LogP contribution in [0.15, 0.2) is 18.2 Å². The molecule has 0 unspecified atom stereocenters. The Kier molecular flexibility index (Phi) is 3.51. The van der Waals surface area contributed by atoms with E-state index in [0.29, 0.717) is 5.92 Å². The molecule has 2 aromatic rings. The number of thiazole rings is 1. The van der Waals surface area contributed by atoms with Gasteiger partial charge in [-0.2, -0.15) is 0 Å². The summed E-state index contributed by atoms with van der Waals surface area (Å²) in [6, 6.07) is 5.83. The van der Waals surface area contributed by atoms with Crippen molar-refractivity contribution in [3.8, 4) is 0 Å². The standard InChI is InChI=1S/C10H10ClNS.CH4/c1-6(2)10-12-8-4-3-7(11)5-9(8)13-10;/h3-6H,1-2H3;1H4. The Bertz CT molecular complexity index is 434. The summed E-state index contributed by atoms with van der Waals surface area (Å²) in [6.07, 6.45) is 0. The number of fused-ring (bicyclic) bond motifs is 1. The number of hydrogen-bond donors (Lipinski definition) is 0. The molecule has 2 rings (SSSR count). The molecular formula is C11H14ClNS. The summed E-state index contributed by atoms with van der Waals surface area (Å²) < 4.78 is 1.18. The maximum absolute atomic E-state index is 5.89. The molecule has 0 spiro atoms. The third-order valence-electron chi connectivity index (χ3n) is 1.86. The molecule has 0 fully saturated rings. The first kappa shape index (κ1) is 11.5. The largest absolute Gasteiger partial charge is 0.241 e. The van der Waals surface area contributed by atoms with E-state index in [0.717, 1.165) is 10.5 Å². The second kappa shape index (κ2) is 4.28. The van der Waals surface area contributed by atoms with Crippen LogP contribution >= 0.6 is 22.9 Å². The fourth-order valence-corrected chi connectivity index (χ4v) is 2.41. The lowest BCUT2D eigenvalue weighted by Gasteiger charge is -1.94. The van der Waals surface area contributed by atoms with Crippen molar-refractivity contribution in [2.75, 3.05) is 0 Å². The zero-order valence-electron chi connectivity index (χ0n) is 7.54. The first-order valence-electron chi connectivity index (χ1n) is 4.23. The van der Waals surface area contributed by atoms with Gasteiger partial charge in [0.05, 0.1) is 15.2 Å². The van der Waals surface area contributed by atoms with E-state index in [1.54, 1.807) is 11.3 Å². The van der Waals surface area contributed by atoms with E-state index in [9.17, 15) is 0 Å². The van der Waals surface area contributed by atoms with E-state index < -0.39 is 0 Å². The fourth-order valence-electron chi connectivity index (χ4n) is 1.16. The van der Waals surface area contributed by atoms with Crippen molar-refractivity contribution < 1.29 is 0 Å². The lowest BCUT2D eigenvalue weighted by atomic mass is 10.2. The highest BCUT2D eigenvalue weighted by Gasteiger charge is 2.06. The first-order valence-corrected chi connectivity index (χ1v) is 5.42. The molecule has 0 aliphatic rings. The van der Waals surface area contributed by atoms with Gasteiger partial charge < -0.3 is 0 Å². The maximum atomic E-state index is 5.89. The van der Waals surface area contributed by atoms with Gasteiger partial charge in [-0.3, -0.25) is 0 Å². The van der Waals surface area contributed by atoms with Gasteiger partial charge in [0, 0.05) is 10.9 Å². The van der Waals surface area contributed by atoms with Crippen molar-refractivity contribution in [1.29, 1.82) is 0 Å². The summed E-state index contributed by atoms with van der Waals surface area (Å²) >= 11 is 7.61. The van der Waals surface area contributed by atoms with Gasteiger partial charge in [0.15, 0.2) is 0 Å². The zero-order valence-corrected chi connectivity index (χ0v) is 9.12. The molecule has 0 saturated heterocycles. The van der Waals surface area contributed by atoms with E-state index in [1.807, 2.05) is 18.2 Å². The van der Waals surface area contributed by atoms with Gasteiger partial charge in [-0.15, -0.1) is 11.3 Å². The van der Waals surface area contributed by atoms with Crippen LogP contribution in [0.4, 0.5) is 0 Å². The molecule has 0 radical (unpaired) electrons. The average molecular weight is 228 g/mol. The smallest absolute Gasteiger partial charge is 0.0963 e. The second-order valence-corrected chi connectivity index (χ2v) is 4.82. The fraction of sp³-hybridized carbons (Fsp3) is 0.364. The predicted molar refractivity (Wildman–Crippen MR) is 65.5 cm³/mol. The molecule has 0 N–H and O–H groups in total. The third kappa shape index (κ3) is 2.07.